The van der Waals surface area contributed by atoms with Crippen molar-refractivity contribution in [1.29, 1.82) is 0 Å². The predicted molar refractivity (Wildman–Crippen MR) is 294 cm³/mol. The lowest BCUT2D eigenvalue weighted by Crippen LogP contribution is -2.18. The van der Waals surface area contributed by atoms with Gasteiger partial charge in [-0.2, -0.15) is 0 Å². The second-order valence-electron chi connectivity index (χ2n) is 20.1. The molecule has 0 aliphatic heterocycles. The lowest BCUT2D eigenvalue weighted by Gasteiger charge is -2.30. The molecule has 14 rings (SSSR count). The van der Waals surface area contributed by atoms with Crippen LogP contribution in [0.15, 0.2) is 218 Å². The fourth-order valence-corrected chi connectivity index (χ4v) is 13.3. The minimum Gasteiger partial charge on any atom is -0.310 e. The van der Waals surface area contributed by atoms with Crippen molar-refractivity contribution >= 4 is 70.4 Å². The van der Waals surface area contributed by atoms with E-state index in [0.29, 0.717) is 0 Å². The normalized spacial score (nSPS) is 14.0. The molecule has 0 fully saturated rings. The summed E-state index contributed by atoms with van der Waals surface area (Å²) < 4.78 is 5.11. The van der Waals surface area contributed by atoms with Crippen LogP contribution in [-0.4, -0.2) is 4.57 Å². The molecule has 2 aliphatic carbocycles. The third kappa shape index (κ3) is 5.90. The highest BCUT2D eigenvalue weighted by Gasteiger charge is 2.38. The van der Waals surface area contributed by atoms with Gasteiger partial charge in [-0.15, -0.1) is 11.3 Å². The molecule has 2 aromatic heterocycles. The maximum Gasteiger partial charge on any atom is 0.0555 e. The van der Waals surface area contributed by atoms with Crippen LogP contribution >= 0.6 is 11.3 Å². The Morgan fingerprint density at radius 3 is 1.54 bits per heavy atom. The smallest absolute Gasteiger partial charge is 0.0555 e. The van der Waals surface area contributed by atoms with Gasteiger partial charge in [0.05, 0.1) is 11.0 Å². The monoisotopic (exact) mass is 900 g/mol. The van der Waals surface area contributed by atoms with Gasteiger partial charge in [0, 0.05) is 64.5 Å². The molecule has 3 heteroatoms. The van der Waals surface area contributed by atoms with Crippen molar-refractivity contribution < 1.29 is 0 Å². The Kier molecular flexibility index (Phi) is 8.58. The molecule has 69 heavy (non-hydrogen) atoms. The highest BCUT2D eigenvalue weighted by Crippen LogP contribution is 2.53. The van der Waals surface area contributed by atoms with Gasteiger partial charge in [-0.3, -0.25) is 0 Å². The number of anilines is 3. The molecular formula is C66H48N2S. The van der Waals surface area contributed by atoms with Crippen LogP contribution < -0.4 is 4.90 Å². The second kappa shape index (κ2) is 14.8. The average molecular weight is 901 g/mol. The van der Waals surface area contributed by atoms with E-state index in [4.69, 9.17) is 0 Å². The van der Waals surface area contributed by atoms with Crippen molar-refractivity contribution in [3.05, 3.63) is 241 Å². The molecule has 0 amide bonds. The first-order valence-electron chi connectivity index (χ1n) is 24.2. The molecule has 0 radical (unpaired) electrons. The summed E-state index contributed by atoms with van der Waals surface area (Å²) in [6.07, 6.45) is 0. The summed E-state index contributed by atoms with van der Waals surface area (Å²) in [5, 5.41) is 5.20. The van der Waals surface area contributed by atoms with Crippen LogP contribution in [0.25, 0.3) is 92.2 Å². The zero-order valence-electron chi connectivity index (χ0n) is 39.1. The molecule has 0 saturated carbocycles. The molecule has 0 atom stereocenters. The first kappa shape index (κ1) is 40.1. The van der Waals surface area contributed by atoms with Crippen molar-refractivity contribution in [3.63, 3.8) is 0 Å². The molecule has 328 valence electrons. The number of hydrogen-bond acceptors (Lipinski definition) is 2. The van der Waals surface area contributed by atoms with E-state index in [9.17, 15) is 0 Å². The average Bonchev–Trinajstić information content (AvgIpc) is 4.07. The highest BCUT2D eigenvalue weighted by molar-refractivity contribution is 7.26. The van der Waals surface area contributed by atoms with Crippen molar-refractivity contribution in [3.8, 4) is 50.2 Å². The Morgan fingerprint density at radius 2 is 0.870 bits per heavy atom. The van der Waals surface area contributed by atoms with Gasteiger partial charge in [-0.1, -0.05) is 173 Å². The van der Waals surface area contributed by atoms with Gasteiger partial charge in [0.1, 0.15) is 0 Å². The summed E-state index contributed by atoms with van der Waals surface area (Å²) in [5.41, 5.74) is 22.5. The number of aromatic nitrogens is 1. The van der Waals surface area contributed by atoms with Crippen LogP contribution in [0.4, 0.5) is 17.1 Å². The standard InChI is InChI=1S/C66H48N2S/c1-65(2)56-19-11-8-16-49(56)51-33-31-47(39-58(51)65)67(48-32-34-52-50-17-9-12-20-57(50)66(3,4)59(52)40-48)45-27-24-43(25-28-45)44-26-36-60-55(38-44)63-61(37-35-54-53-18-10-13-21-62(53)69-64(54)63)68(60)46-29-22-42(23-30-46)41-14-6-5-7-15-41/h5-40H,1-4H3. The van der Waals surface area contributed by atoms with Crippen molar-refractivity contribution in [2.75, 3.05) is 4.90 Å². The third-order valence-corrected chi connectivity index (χ3v) is 16.8. The SMILES string of the molecule is CC1(C)c2ccccc2-c2ccc(N(c3ccc(-c4ccc5c(c4)c4c6sc7ccccc7c6ccc4n5-c4ccc(-c5ccccc5)cc4)cc3)c3ccc4c(c3)C(C)(C)c3ccccc3-4)cc21. The first-order chi connectivity index (χ1) is 33.7. The van der Waals surface area contributed by atoms with Gasteiger partial charge in [0.15, 0.2) is 0 Å². The van der Waals surface area contributed by atoms with Gasteiger partial charge in [-0.05, 0) is 140 Å². The predicted octanol–water partition coefficient (Wildman–Crippen LogP) is 18.6. The van der Waals surface area contributed by atoms with E-state index >= 15 is 0 Å². The molecule has 0 bridgehead atoms. The maximum absolute atomic E-state index is 2.47. The Balaban J connectivity index is 0.914. The number of hydrogen-bond donors (Lipinski definition) is 0. The van der Waals surface area contributed by atoms with Crippen molar-refractivity contribution in [2.24, 2.45) is 0 Å². The van der Waals surface area contributed by atoms with Gasteiger partial charge >= 0.3 is 0 Å². The van der Waals surface area contributed by atoms with E-state index in [2.05, 4.69) is 256 Å². The minimum absolute atomic E-state index is 0.117. The quantitative estimate of drug-likeness (QED) is 0.161. The fourth-order valence-electron chi connectivity index (χ4n) is 12.1. The molecule has 2 nitrogen and oxygen atoms in total. The first-order valence-corrected chi connectivity index (χ1v) is 25.0. The summed E-state index contributed by atoms with van der Waals surface area (Å²) >= 11 is 1.91. The molecule has 2 heterocycles. The molecule has 12 aromatic rings. The minimum atomic E-state index is -0.117. The van der Waals surface area contributed by atoms with Gasteiger partial charge in [-0.25, -0.2) is 0 Å². The Labute approximate surface area is 407 Å². The second-order valence-corrected chi connectivity index (χ2v) is 21.2. The van der Waals surface area contributed by atoms with E-state index in [1.807, 2.05) is 11.3 Å². The molecule has 0 unspecified atom stereocenters. The lowest BCUT2D eigenvalue weighted by atomic mass is 9.82. The summed E-state index contributed by atoms with van der Waals surface area (Å²) in [5.74, 6) is 0. The van der Waals surface area contributed by atoms with Gasteiger partial charge in [0.2, 0.25) is 0 Å². The Bertz CT molecular complexity index is 3950. The zero-order chi connectivity index (χ0) is 46.2. The largest absolute Gasteiger partial charge is 0.310 e. The van der Waals surface area contributed by atoms with Crippen LogP contribution in [0.3, 0.4) is 0 Å². The van der Waals surface area contributed by atoms with Crippen molar-refractivity contribution in [2.45, 2.75) is 38.5 Å². The van der Waals surface area contributed by atoms with E-state index in [1.54, 1.807) is 0 Å². The van der Waals surface area contributed by atoms with Gasteiger partial charge in [0.25, 0.3) is 0 Å². The van der Waals surface area contributed by atoms with E-state index in [-0.39, 0.29) is 10.8 Å². The molecule has 0 spiro atoms. The molecule has 0 saturated heterocycles. The number of nitrogens with zero attached hydrogens (tertiary/aromatic N) is 2. The molecule has 0 N–H and O–H groups in total. The topological polar surface area (TPSA) is 8.17 Å². The number of benzene rings is 10. The summed E-state index contributed by atoms with van der Waals surface area (Å²) in [4.78, 5) is 2.47. The van der Waals surface area contributed by atoms with E-state index in [1.165, 1.54) is 109 Å². The highest BCUT2D eigenvalue weighted by atomic mass is 32.1. The summed E-state index contributed by atoms with van der Waals surface area (Å²) in [6, 6.07) is 81.7. The number of fused-ring (bicyclic) bond motifs is 13. The van der Waals surface area contributed by atoms with E-state index < -0.39 is 0 Å². The lowest BCUT2D eigenvalue weighted by molar-refractivity contribution is 0.660. The molecule has 2 aliphatic rings. The molecule has 10 aromatic carbocycles. The van der Waals surface area contributed by atoms with Crippen molar-refractivity contribution in [1.82, 2.24) is 4.57 Å². The maximum atomic E-state index is 2.47. The van der Waals surface area contributed by atoms with E-state index in [0.717, 1.165) is 22.7 Å². The van der Waals surface area contributed by atoms with Crippen LogP contribution in [0.2, 0.25) is 0 Å². The number of rotatable bonds is 6. The fraction of sp³-hybridized carbons (Fsp3) is 0.0909. The third-order valence-electron chi connectivity index (χ3n) is 15.6. The molecular weight excluding hydrogens is 853 g/mol. The summed E-state index contributed by atoms with van der Waals surface area (Å²) in [6.45, 7) is 9.49. The van der Waals surface area contributed by atoms with Gasteiger partial charge < -0.3 is 9.47 Å². The van der Waals surface area contributed by atoms with Crippen LogP contribution in [-0.2, 0) is 10.8 Å². The Hall–Kier alpha value is -7.98. The number of thiophene rings is 1. The van der Waals surface area contributed by atoms with Crippen LogP contribution in [0.1, 0.15) is 49.9 Å². The Morgan fingerprint density at radius 1 is 0.362 bits per heavy atom. The van der Waals surface area contributed by atoms with Crippen LogP contribution in [0, 0.1) is 0 Å². The van der Waals surface area contributed by atoms with Crippen LogP contribution in [0.5, 0.6) is 0 Å². The summed E-state index contributed by atoms with van der Waals surface area (Å²) in [7, 11) is 0. The zero-order valence-corrected chi connectivity index (χ0v) is 39.9.